The highest BCUT2D eigenvalue weighted by molar-refractivity contribution is 5.94. The van der Waals surface area contributed by atoms with Gasteiger partial charge in [0.2, 0.25) is 5.39 Å². The molecule has 1 N–H and O–H groups in total. The van der Waals surface area contributed by atoms with E-state index in [1.807, 2.05) is 0 Å². The lowest BCUT2D eigenvalue weighted by Crippen LogP contribution is -1.96. The van der Waals surface area contributed by atoms with E-state index in [0.717, 1.165) is 5.56 Å². The summed E-state index contributed by atoms with van der Waals surface area (Å²) in [5, 5.41) is 17.1. The van der Waals surface area contributed by atoms with Gasteiger partial charge in [0.1, 0.15) is 0 Å². The van der Waals surface area contributed by atoms with Crippen LogP contribution in [0.1, 0.15) is 15.9 Å². The topological polar surface area (TPSA) is 65.5 Å². The Morgan fingerprint density at radius 1 is 1.58 bits per heavy atom. The predicted octanol–water partition coefficient (Wildman–Crippen LogP) is 2.18. The molecule has 0 spiro atoms. The summed E-state index contributed by atoms with van der Waals surface area (Å²) in [7, 11) is 0. The zero-order valence-corrected chi connectivity index (χ0v) is 6.48. The maximum atomic E-state index is 10.6. The summed E-state index contributed by atoms with van der Waals surface area (Å²) in [5.74, 6) is -1.09. The molecule has 12 heavy (non-hydrogen) atoms. The van der Waals surface area contributed by atoms with Crippen molar-refractivity contribution in [2.24, 2.45) is 0 Å². The van der Waals surface area contributed by atoms with Crippen molar-refractivity contribution in [1.29, 1.82) is 5.39 Å². The molecule has 0 fully saturated rings. The van der Waals surface area contributed by atoms with Gasteiger partial charge in [-0.15, -0.1) is 0 Å². The van der Waals surface area contributed by atoms with Gasteiger partial charge < -0.3 is 5.11 Å². The van der Waals surface area contributed by atoms with Crippen LogP contribution in [0.5, 0.6) is 0 Å². The highest BCUT2D eigenvalue weighted by atomic mass is 16.4. The monoisotopic (exact) mass is 163 g/mol. The third kappa shape index (κ3) is 1.40. The molecule has 0 atom stereocenters. The maximum Gasteiger partial charge on any atom is 0.399 e. The van der Waals surface area contributed by atoms with Gasteiger partial charge in [-0.25, -0.2) is 4.79 Å². The Labute approximate surface area is 69.1 Å². The van der Waals surface area contributed by atoms with E-state index in [1.54, 1.807) is 13.0 Å². The summed E-state index contributed by atoms with van der Waals surface area (Å²) in [4.78, 5) is 13.4. The molecule has 1 aromatic rings. The third-order valence-electron chi connectivity index (χ3n) is 1.49. The molecule has 60 valence electrons. The second kappa shape index (κ2) is 3.01. The Morgan fingerprint density at radius 2 is 2.25 bits per heavy atom. The van der Waals surface area contributed by atoms with Crippen LogP contribution in [0, 0.1) is 12.3 Å². The summed E-state index contributed by atoms with van der Waals surface area (Å²) in [6, 6.07) is 4.59. The maximum absolute atomic E-state index is 10.6. The fourth-order valence-electron chi connectivity index (χ4n) is 0.908. The number of carboxylic acids is 1. The van der Waals surface area contributed by atoms with Gasteiger partial charge in [-0.3, -0.25) is 0 Å². The van der Waals surface area contributed by atoms with Crippen LogP contribution >= 0.6 is 0 Å². The van der Waals surface area contributed by atoms with E-state index in [4.69, 9.17) is 10.5 Å². The standard InChI is InChI=1S/C8H6N2O2/c1-5-2-3-7(10-9)6(4-5)8(11)12/h2-4H,1H3/p+1. The van der Waals surface area contributed by atoms with Crippen molar-refractivity contribution in [2.45, 2.75) is 6.92 Å². The van der Waals surface area contributed by atoms with E-state index in [9.17, 15) is 4.79 Å². The summed E-state index contributed by atoms with van der Waals surface area (Å²) in [6.07, 6.45) is 0. The predicted molar refractivity (Wildman–Crippen MR) is 42.9 cm³/mol. The van der Waals surface area contributed by atoms with E-state index < -0.39 is 5.97 Å². The van der Waals surface area contributed by atoms with Crippen molar-refractivity contribution < 1.29 is 9.90 Å². The Balaban J connectivity index is 3.34. The molecule has 0 saturated heterocycles. The van der Waals surface area contributed by atoms with Crippen molar-refractivity contribution in [1.82, 2.24) is 0 Å². The number of nitrogens with zero attached hydrogens (tertiary/aromatic N) is 2. The second-order valence-corrected chi connectivity index (χ2v) is 2.43. The molecular formula is C8H7N2O2+. The first kappa shape index (κ1) is 8.21. The number of rotatable bonds is 1. The van der Waals surface area contributed by atoms with Crippen molar-refractivity contribution in [3.8, 4) is 0 Å². The minimum Gasteiger partial charge on any atom is -0.477 e. The quantitative estimate of drug-likeness (QED) is 0.645. The number of carboxylic acid groups (broad SMARTS) is 1. The van der Waals surface area contributed by atoms with Crippen LogP contribution in [-0.2, 0) is 0 Å². The molecule has 0 amide bonds. The number of diazo groups is 1. The van der Waals surface area contributed by atoms with Gasteiger partial charge in [-0.2, -0.15) is 0 Å². The molecule has 4 heteroatoms. The largest absolute Gasteiger partial charge is 0.477 e. The molecule has 0 aliphatic carbocycles. The van der Waals surface area contributed by atoms with Crippen LogP contribution < -0.4 is 0 Å². The Hall–Kier alpha value is -1.89. The molecular weight excluding hydrogens is 156 g/mol. The number of hydrogen-bond acceptors (Lipinski definition) is 2. The molecule has 0 radical (unpaired) electrons. The van der Waals surface area contributed by atoms with Gasteiger partial charge >= 0.3 is 11.7 Å². The molecule has 0 aliphatic heterocycles. The molecule has 4 nitrogen and oxygen atoms in total. The highest BCUT2D eigenvalue weighted by Gasteiger charge is 2.18. The van der Waals surface area contributed by atoms with Gasteiger partial charge in [0, 0.05) is 6.07 Å². The van der Waals surface area contributed by atoms with E-state index in [2.05, 4.69) is 4.98 Å². The van der Waals surface area contributed by atoms with Crippen LogP contribution in [0.2, 0.25) is 0 Å². The van der Waals surface area contributed by atoms with E-state index in [0.29, 0.717) is 0 Å². The van der Waals surface area contributed by atoms with Crippen molar-refractivity contribution in [3.63, 3.8) is 0 Å². The lowest BCUT2D eigenvalue weighted by atomic mass is 10.1. The Kier molecular flexibility index (Phi) is 2.06. The Bertz CT molecular complexity index is 366. The van der Waals surface area contributed by atoms with Gasteiger partial charge in [-0.05, 0) is 18.6 Å². The van der Waals surface area contributed by atoms with Gasteiger partial charge in [0.05, 0.1) is 0 Å². The zero-order valence-electron chi connectivity index (χ0n) is 6.48. The van der Waals surface area contributed by atoms with Crippen LogP contribution in [0.3, 0.4) is 0 Å². The summed E-state index contributed by atoms with van der Waals surface area (Å²) in [5.41, 5.74) is 0.908. The first-order chi connectivity index (χ1) is 5.65. The number of aromatic carboxylic acids is 1. The van der Waals surface area contributed by atoms with Crippen molar-refractivity contribution in [2.75, 3.05) is 0 Å². The normalized spacial score (nSPS) is 9.00. The lowest BCUT2D eigenvalue weighted by molar-refractivity contribution is 0.0698. The molecule has 0 aliphatic rings. The summed E-state index contributed by atoms with van der Waals surface area (Å²) >= 11 is 0. The van der Waals surface area contributed by atoms with E-state index in [1.165, 1.54) is 12.1 Å². The summed E-state index contributed by atoms with van der Waals surface area (Å²) in [6.45, 7) is 1.77. The Morgan fingerprint density at radius 3 is 2.75 bits per heavy atom. The smallest absolute Gasteiger partial charge is 0.399 e. The number of carbonyl (C=O) groups is 1. The van der Waals surface area contributed by atoms with Crippen LogP contribution in [0.4, 0.5) is 5.69 Å². The zero-order chi connectivity index (χ0) is 9.14. The molecule has 0 bridgehead atoms. The fraction of sp³-hybridized carbons (Fsp3) is 0.125. The van der Waals surface area contributed by atoms with Crippen molar-refractivity contribution >= 4 is 11.7 Å². The van der Waals surface area contributed by atoms with E-state index >= 15 is 0 Å². The average Bonchev–Trinajstić information content (AvgIpc) is 2.04. The molecule has 1 rings (SSSR count). The molecule has 0 aromatic heterocycles. The fourth-order valence-corrected chi connectivity index (χ4v) is 0.908. The molecule has 0 saturated carbocycles. The van der Waals surface area contributed by atoms with Gasteiger partial charge in [-0.1, -0.05) is 6.07 Å². The number of benzene rings is 1. The number of aryl methyl sites for hydroxylation is 1. The molecule has 0 unspecified atom stereocenters. The second-order valence-electron chi connectivity index (χ2n) is 2.43. The molecule has 0 heterocycles. The van der Waals surface area contributed by atoms with Crippen LogP contribution in [0.15, 0.2) is 18.2 Å². The molecule has 1 aromatic carbocycles. The minimum atomic E-state index is -1.09. The average molecular weight is 163 g/mol. The van der Waals surface area contributed by atoms with Crippen LogP contribution in [0.25, 0.3) is 4.98 Å². The van der Waals surface area contributed by atoms with Crippen LogP contribution in [-0.4, -0.2) is 11.1 Å². The van der Waals surface area contributed by atoms with Gasteiger partial charge in [0.15, 0.2) is 10.5 Å². The van der Waals surface area contributed by atoms with Crippen molar-refractivity contribution in [3.05, 3.63) is 34.3 Å². The SMILES string of the molecule is Cc1ccc([N+]#N)c(C(=O)O)c1. The summed E-state index contributed by atoms with van der Waals surface area (Å²) < 4.78 is 0. The van der Waals surface area contributed by atoms with E-state index in [-0.39, 0.29) is 11.3 Å². The first-order valence-electron chi connectivity index (χ1n) is 3.34. The third-order valence-corrected chi connectivity index (χ3v) is 1.49. The van der Waals surface area contributed by atoms with Gasteiger partial charge in [0.25, 0.3) is 0 Å². The minimum absolute atomic E-state index is 0.0116. The number of hydrogen-bond donors (Lipinski definition) is 1. The first-order valence-corrected chi connectivity index (χ1v) is 3.34. The lowest BCUT2D eigenvalue weighted by Gasteiger charge is -1.91. The highest BCUT2D eigenvalue weighted by Crippen LogP contribution is 2.19.